The van der Waals surface area contributed by atoms with Gasteiger partial charge in [-0.3, -0.25) is 0 Å². The fourth-order valence-corrected chi connectivity index (χ4v) is 2.08. The normalized spacial score (nSPS) is 11.8. The molecule has 1 rings (SSSR count). The van der Waals surface area contributed by atoms with Crippen molar-refractivity contribution in [2.45, 2.75) is 13.8 Å². The van der Waals surface area contributed by atoms with Crippen LogP contribution < -0.4 is 5.19 Å². The molecule has 0 spiro atoms. The first kappa shape index (κ1) is 9.55. The van der Waals surface area contributed by atoms with E-state index in [1.165, 1.54) is 10.4 Å². The minimum absolute atomic E-state index is 0.706. The summed E-state index contributed by atoms with van der Waals surface area (Å²) < 4.78 is 0. The van der Waals surface area contributed by atoms with Crippen molar-refractivity contribution in [1.82, 2.24) is 0 Å². The van der Waals surface area contributed by atoms with E-state index < -0.39 is 0 Å². The van der Waals surface area contributed by atoms with Gasteiger partial charge >= 0.3 is 0 Å². The summed E-state index contributed by atoms with van der Waals surface area (Å²) in [5, 5.41) is 3.48. The Morgan fingerprint density at radius 1 is 1.42 bits per heavy atom. The number of hydrogen-bond acceptors (Lipinski definition) is 0. The Morgan fingerprint density at radius 3 is 2.67 bits per heavy atom. The first-order chi connectivity index (χ1) is 5.74. The van der Waals surface area contributed by atoms with Gasteiger partial charge in [0.15, 0.2) is 0 Å². The van der Waals surface area contributed by atoms with Crippen LogP contribution in [0.2, 0.25) is 5.02 Å². The molecule has 0 nitrogen and oxygen atoms in total. The Bertz CT molecular complexity index is 292. The minimum atomic E-state index is 0.706. The van der Waals surface area contributed by atoms with Gasteiger partial charge in [-0.25, -0.2) is 0 Å². The molecule has 12 heavy (non-hydrogen) atoms. The SMILES string of the molecule is CC=C(C)[Si]c1ccccc1Cl. The third-order valence-corrected chi connectivity index (χ3v) is 3.52. The zero-order valence-electron chi connectivity index (χ0n) is 7.26. The van der Waals surface area contributed by atoms with Crippen molar-refractivity contribution in [2.24, 2.45) is 0 Å². The van der Waals surface area contributed by atoms with Gasteiger partial charge in [0.2, 0.25) is 0 Å². The molecule has 0 fully saturated rings. The molecule has 0 saturated carbocycles. The third kappa shape index (κ3) is 2.50. The van der Waals surface area contributed by atoms with Gasteiger partial charge in [0.25, 0.3) is 0 Å². The van der Waals surface area contributed by atoms with E-state index in [9.17, 15) is 0 Å². The van der Waals surface area contributed by atoms with Crippen molar-refractivity contribution in [1.29, 1.82) is 0 Å². The van der Waals surface area contributed by atoms with E-state index in [1.807, 2.05) is 18.2 Å². The average Bonchev–Trinajstić information content (AvgIpc) is 2.09. The van der Waals surface area contributed by atoms with Crippen molar-refractivity contribution in [3.63, 3.8) is 0 Å². The van der Waals surface area contributed by atoms with E-state index in [1.54, 1.807) is 0 Å². The molecule has 2 radical (unpaired) electrons. The smallest absolute Gasteiger partial charge is 0.0927 e. The van der Waals surface area contributed by atoms with E-state index >= 15 is 0 Å². The molecule has 0 aliphatic carbocycles. The van der Waals surface area contributed by atoms with Crippen LogP contribution >= 0.6 is 11.6 Å². The van der Waals surface area contributed by atoms with Crippen molar-refractivity contribution in [3.05, 3.63) is 40.6 Å². The summed E-state index contributed by atoms with van der Waals surface area (Å²) in [5.74, 6) is 0. The van der Waals surface area contributed by atoms with Crippen molar-refractivity contribution >= 4 is 26.3 Å². The molecular formula is C10H11ClSi. The van der Waals surface area contributed by atoms with Crippen LogP contribution in [0.3, 0.4) is 0 Å². The molecule has 0 aliphatic rings. The van der Waals surface area contributed by atoms with Crippen LogP contribution in [-0.4, -0.2) is 9.52 Å². The number of allylic oxidation sites excluding steroid dienone is 2. The highest BCUT2D eigenvalue weighted by atomic mass is 35.5. The van der Waals surface area contributed by atoms with Gasteiger partial charge in [-0.1, -0.05) is 41.1 Å². The molecule has 0 saturated heterocycles. The predicted octanol–water partition coefficient (Wildman–Crippen LogP) is 2.59. The van der Waals surface area contributed by atoms with Gasteiger partial charge in [-0.2, -0.15) is 0 Å². The molecule has 62 valence electrons. The maximum Gasteiger partial charge on any atom is 0.117 e. The number of rotatable bonds is 2. The summed E-state index contributed by atoms with van der Waals surface area (Å²) in [7, 11) is 0.706. The Hall–Kier alpha value is -0.533. The van der Waals surface area contributed by atoms with Crippen LogP contribution in [0.5, 0.6) is 0 Å². The zero-order chi connectivity index (χ0) is 8.97. The molecule has 0 amide bonds. The second-order valence-electron chi connectivity index (χ2n) is 2.58. The first-order valence-corrected chi connectivity index (χ1v) is 5.26. The monoisotopic (exact) mass is 194 g/mol. The summed E-state index contributed by atoms with van der Waals surface area (Å²) in [6, 6.07) is 8.00. The lowest BCUT2D eigenvalue weighted by Crippen LogP contribution is -2.15. The predicted molar refractivity (Wildman–Crippen MR) is 56.3 cm³/mol. The van der Waals surface area contributed by atoms with E-state index in [-0.39, 0.29) is 0 Å². The van der Waals surface area contributed by atoms with E-state index in [0.29, 0.717) is 9.52 Å². The Labute approximate surface area is 81.1 Å². The van der Waals surface area contributed by atoms with Crippen molar-refractivity contribution < 1.29 is 0 Å². The average molecular weight is 195 g/mol. The van der Waals surface area contributed by atoms with Crippen LogP contribution in [0.25, 0.3) is 0 Å². The van der Waals surface area contributed by atoms with Gasteiger partial charge in [-0.05, 0) is 25.1 Å². The van der Waals surface area contributed by atoms with Gasteiger partial charge in [-0.15, -0.1) is 0 Å². The number of hydrogen-bond donors (Lipinski definition) is 0. The summed E-state index contributed by atoms with van der Waals surface area (Å²) in [6.07, 6.45) is 2.13. The lowest BCUT2D eigenvalue weighted by Gasteiger charge is -2.01. The van der Waals surface area contributed by atoms with Gasteiger partial charge in [0.05, 0.1) is 0 Å². The Kier molecular flexibility index (Phi) is 3.57. The maximum absolute atomic E-state index is 6.01. The van der Waals surface area contributed by atoms with E-state index in [0.717, 1.165) is 5.02 Å². The van der Waals surface area contributed by atoms with Gasteiger partial charge in [0, 0.05) is 5.02 Å². The van der Waals surface area contributed by atoms with Crippen LogP contribution in [0.4, 0.5) is 0 Å². The molecule has 0 unspecified atom stereocenters. The fraction of sp³-hybridized carbons (Fsp3) is 0.200. The lowest BCUT2D eigenvalue weighted by molar-refractivity contribution is 1.57. The molecule has 1 aromatic rings. The van der Waals surface area contributed by atoms with Crippen LogP contribution in [0.1, 0.15) is 13.8 Å². The summed E-state index contributed by atoms with van der Waals surface area (Å²) in [6.45, 7) is 4.18. The van der Waals surface area contributed by atoms with E-state index in [4.69, 9.17) is 11.6 Å². The topological polar surface area (TPSA) is 0 Å². The molecular weight excluding hydrogens is 184 g/mol. The fourth-order valence-electron chi connectivity index (χ4n) is 0.847. The number of halogens is 1. The molecule has 2 heteroatoms. The number of benzene rings is 1. The van der Waals surface area contributed by atoms with Crippen LogP contribution in [-0.2, 0) is 0 Å². The Balaban J connectivity index is 2.82. The molecule has 0 aromatic heterocycles. The molecule has 0 bridgehead atoms. The van der Waals surface area contributed by atoms with Gasteiger partial charge < -0.3 is 0 Å². The first-order valence-electron chi connectivity index (χ1n) is 3.88. The summed E-state index contributed by atoms with van der Waals surface area (Å²) >= 11 is 6.01. The highest BCUT2D eigenvalue weighted by Gasteiger charge is 1.99. The maximum atomic E-state index is 6.01. The third-order valence-electron chi connectivity index (χ3n) is 1.64. The van der Waals surface area contributed by atoms with Crippen molar-refractivity contribution in [2.75, 3.05) is 0 Å². The molecule has 0 aliphatic heterocycles. The highest BCUT2D eigenvalue weighted by molar-refractivity contribution is 6.64. The van der Waals surface area contributed by atoms with Crippen LogP contribution in [0.15, 0.2) is 35.5 Å². The lowest BCUT2D eigenvalue weighted by atomic mass is 10.4. The second kappa shape index (κ2) is 4.48. The molecule has 1 aromatic carbocycles. The van der Waals surface area contributed by atoms with E-state index in [2.05, 4.69) is 26.0 Å². The molecule has 0 atom stereocenters. The minimum Gasteiger partial charge on any atom is -0.0927 e. The summed E-state index contributed by atoms with van der Waals surface area (Å²) in [5.41, 5.74) is 0. The summed E-state index contributed by atoms with van der Waals surface area (Å²) in [4.78, 5) is 0. The largest absolute Gasteiger partial charge is 0.117 e. The van der Waals surface area contributed by atoms with Gasteiger partial charge in [0.1, 0.15) is 9.52 Å². The van der Waals surface area contributed by atoms with Crippen LogP contribution in [0, 0.1) is 0 Å². The molecule has 0 N–H and O–H groups in total. The van der Waals surface area contributed by atoms with Crippen molar-refractivity contribution in [3.8, 4) is 0 Å². The Morgan fingerprint density at radius 2 is 2.08 bits per heavy atom. The standard InChI is InChI=1S/C10H11ClSi/c1-3-8(2)12-10-7-5-4-6-9(10)11/h3-7H,1-2H3. The second-order valence-corrected chi connectivity index (χ2v) is 4.56. The highest BCUT2D eigenvalue weighted by Crippen LogP contribution is 2.04. The molecule has 0 heterocycles. The quantitative estimate of drug-likeness (QED) is 0.635. The zero-order valence-corrected chi connectivity index (χ0v) is 9.02.